The Morgan fingerprint density at radius 1 is 1.00 bits per heavy atom. The molecule has 0 heterocycles. The van der Waals surface area contributed by atoms with Crippen LogP contribution >= 0.6 is 0 Å². The van der Waals surface area contributed by atoms with Crippen LogP contribution in [0.5, 0.6) is 0 Å². The maximum Gasteiger partial charge on any atom is -0.0238 e. The first-order valence-electron chi connectivity index (χ1n) is 9.12. The zero-order chi connectivity index (χ0) is 14.3. The predicted octanol–water partition coefficient (Wildman–Crippen LogP) is 6.84. The van der Waals surface area contributed by atoms with Crippen molar-refractivity contribution in [2.75, 3.05) is 0 Å². The second kappa shape index (κ2) is 8.32. The molecule has 19 heavy (non-hydrogen) atoms. The molecule has 0 radical (unpaired) electrons. The number of hydrogen-bond acceptors (Lipinski definition) is 0. The molecule has 1 aliphatic carbocycles. The quantitative estimate of drug-likeness (QED) is 0.359. The second-order valence-electron chi connectivity index (χ2n) is 7.28. The van der Waals surface area contributed by atoms with Crippen LogP contribution in [0.2, 0.25) is 0 Å². The molecule has 1 fully saturated rings. The molecule has 1 rings (SSSR count). The third kappa shape index (κ3) is 4.50. The number of rotatable bonds is 11. The molecule has 0 heteroatoms. The van der Waals surface area contributed by atoms with E-state index < -0.39 is 0 Å². The fourth-order valence-corrected chi connectivity index (χ4v) is 4.65. The first-order valence-corrected chi connectivity index (χ1v) is 9.12. The summed E-state index contributed by atoms with van der Waals surface area (Å²) >= 11 is 0. The highest BCUT2D eigenvalue weighted by Gasteiger charge is 2.55. The minimum Gasteiger partial charge on any atom is -0.0654 e. The van der Waals surface area contributed by atoms with Crippen LogP contribution in [0.3, 0.4) is 0 Å². The molecule has 1 aliphatic rings. The van der Waals surface area contributed by atoms with E-state index in [0.717, 1.165) is 23.2 Å². The molecule has 0 aromatic rings. The van der Waals surface area contributed by atoms with E-state index in [-0.39, 0.29) is 0 Å². The van der Waals surface area contributed by atoms with Gasteiger partial charge in [-0.05, 0) is 36.0 Å². The third-order valence-corrected chi connectivity index (χ3v) is 5.86. The van der Waals surface area contributed by atoms with E-state index in [1.165, 1.54) is 64.2 Å². The highest BCUT2D eigenvalue weighted by Crippen LogP contribution is 2.63. The van der Waals surface area contributed by atoms with Gasteiger partial charge in [-0.1, -0.05) is 86.0 Å². The van der Waals surface area contributed by atoms with Gasteiger partial charge in [0.05, 0.1) is 0 Å². The summed E-state index contributed by atoms with van der Waals surface area (Å²) in [6.07, 6.45) is 14.5. The lowest BCUT2D eigenvalue weighted by Crippen LogP contribution is -2.24. The largest absolute Gasteiger partial charge is 0.0654 e. The number of hydrogen-bond donors (Lipinski definition) is 0. The van der Waals surface area contributed by atoms with Gasteiger partial charge in [0.15, 0.2) is 0 Å². The summed E-state index contributed by atoms with van der Waals surface area (Å²) in [6, 6.07) is 0. The summed E-state index contributed by atoms with van der Waals surface area (Å²) < 4.78 is 0. The van der Waals surface area contributed by atoms with Crippen molar-refractivity contribution in [1.82, 2.24) is 0 Å². The second-order valence-corrected chi connectivity index (χ2v) is 7.28. The molecular weight excluding hydrogens is 228 g/mol. The maximum atomic E-state index is 2.52. The first kappa shape index (κ1) is 17.1. The average Bonchev–Trinajstić information content (AvgIpc) is 3.01. The molecule has 0 aromatic carbocycles. The van der Waals surface area contributed by atoms with Gasteiger partial charge in [0.25, 0.3) is 0 Å². The van der Waals surface area contributed by atoms with Crippen LogP contribution in [-0.2, 0) is 0 Å². The van der Waals surface area contributed by atoms with E-state index in [4.69, 9.17) is 0 Å². The molecule has 0 spiro atoms. The van der Waals surface area contributed by atoms with Gasteiger partial charge in [0.1, 0.15) is 0 Å². The summed E-state index contributed by atoms with van der Waals surface area (Å²) in [5.74, 6) is 2.94. The molecule has 0 bridgehead atoms. The van der Waals surface area contributed by atoms with E-state index in [9.17, 15) is 0 Å². The van der Waals surface area contributed by atoms with Crippen molar-refractivity contribution in [3.8, 4) is 0 Å². The minimum atomic E-state index is 0.746. The van der Waals surface area contributed by atoms with Crippen LogP contribution in [0.15, 0.2) is 0 Å². The lowest BCUT2D eigenvalue weighted by atomic mass is 9.73. The summed E-state index contributed by atoms with van der Waals surface area (Å²) in [5.41, 5.74) is 0.746. The fraction of sp³-hybridized carbons (Fsp3) is 1.00. The highest BCUT2D eigenvalue weighted by molar-refractivity contribution is 5.04. The third-order valence-electron chi connectivity index (χ3n) is 5.86. The zero-order valence-electron chi connectivity index (χ0n) is 14.3. The lowest BCUT2D eigenvalue weighted by molar-refractivity contribution is 0.169. The molecular formula is C19H38. The van der Waals surface area contributed by atoms with Gasteiger partial charge in [0.2, 0.25) is 0 Å². The minimum absolute atomic E-state index is 0.746. The molecule has 0 saturated heterocycles. The van der Waals surface area contributed by atoms with E-state index in [2.05, 4.69) is 34.6 Å². The van der Waals surface area contributed by atoms with Crippen LogP contribution in [0.4, 0.5) is 0 Å². The highest BCUT2D eigenvalue weighted by atomic mass is 14.6. The molecule has 1 saturated carbocycles. The summed E-state index contributed by atoms with van der Waals surface area (Å²) in [6.45, 7) is 12.1. The van der Waals surface area contributed by atoms with Crippen LogP contribution in [0.1, 0.15) is 98.8 Å². The van der Waals surface area contributed by atoms with Gasteiger partial charge in [-0.15, -0.1) is 0 Å². The molecule has 4 atom stereocenters. The van der Waals surface area contributed by atoms with Crippen molar-refractivity contribution in [3.63, 3.8) is 0 Å². The molecule has 0 N–H and O–H groups in total. The van der Waals surface area contributed by atoms with E-state index in [1.807, 2.05) is 0 Å². The van der Waals surface area contributed by atoms with Crippen LogP contribution in [-0.4, -0.2) is 0 Å². The normalized spacial score (nSPS) is 29.2. The standard InChI is InChI=1S/C19H38/c1-6-9-10-11-12-14-19(15-17(19)5)18(8-3)16(4)13-7-2/h16-18H,6-15H2,1-5H3. The topological polar surface area (TPSA) is 0 Å². The number of unbranched alkanes of at least 4 members (excludes halogenated alkanes) is 4. The monoisotopic (exact) mass is 266 g/mol. The Morgan fingerprint density at radius 3 is 2.11 bits per heavy atom. The Morgan fingerprint density at radius 2 is 1.63 bits per heavy atom. The molecule has 4 unspecified atom stereocenters. The average molecular weight is 267 g/mol. The van der Waals surface area contributed by atoms with Gasteiger partial charge < -0.3 is 0 Å². The Bertz CT molecular complexity index is 232. The van der Waals surface area contributed by atoms with E-state index in [0.29, 0.717) is 0 Å². The van der Waals surface area contributed by atoms with Crippen LogP contribution in [0, 0.1) is 23.2 Å². The lowest BCUT2D eigenvalue weighted by Gasteiger charge is -2.32. The van der Waals surface area contributed by atoms with Gasteiger partial charge in [-0.25, -0.2) is 0 Å². The molecule has 0 amide bonds. The van der Waals surface area contributed by atoms with Crippen molar-refractivity contribution in [2.45, 2.75) is 98.8 Å². The van der Waals surface area contributed by atoms with Crippen LogP contribution < -0.4 is 0 Å². The van der Waals surface area contributed by atoms with Crippen molar-refractivity contribution in [1.29, 1.82) is 0 Å². The molecule has 114 valence electrons. The van der Waals surface area contributed by atoms with Crippen molar-refractivity contribution in [3.05, 3.63) is 0 Å². The first-order chi connectivity index (χ1) is 9.12. The molecule has 0 nitrogen and oxygen atoms in total. The smallest absolute Gasteiger partial charge is 0.0238 e. The predicted molar refractivity (Wildman–Crippen MR) is 87.4 cm³/mol. The Kier molecular flexibility index (Phi) is 7.47. The Labute approximate surface area is 122 Å². The van der Waals surface area contributed by atoms with Crippen molar-refractivity contribution < 1.29 is 0 Å². The van der Waals surface area contributed by atoms with Gasteiger partial charge in [-0.2, -0.15) is 0 Å². The van der Waals surface area contributed by atoms with Gasteiger partial charge in [-0.3, -0.25) is 0 Å². The summed E-state index contributed by atoms with van der Waals surface area (Å²) in [4.78, 5) is 0. The maximum absolute atomic E-state index is 2.52. The fourth-order valence-electron chi connectivity index (χ4n) is 4.65. The van der Waals surface area contributed by atoms with Gasteiger partial charge in [0, 0.05) is 0 Å². The molecule has 0 aromatic heterocycles. The van der Waals surface area contributed by atoms with Crippen LogP contribution in [0.25, 0.3) is 0 Å². The summed E-state index contributed by atoms with van der Waals surface area (Å²) in [7, 11) is 0. The van der Waals surface area contributed by atoms with E-state index >= 15 is 0 Å². The summed E-state index contributed by atoms with van der Waals surface area (Å²) in [5, 5.41) is 0. The van der Waals surface area contributed by atoms with Gasteiger partial charge >= 0.3 is 0 Å². The van der Waals surface area contributed by atoms with E-state index in [1.54, 1.807) is 0 Å². The van der Waals surface area contributed by atoms with Crippen molar-refractivity contribution in [2.24, 2.45) is 23.2 Å². The molecule has 0 aliphatic heterocycles. The Hall–Kier alpha value is 0. The zero-order valence-corrected chi connectivity index (χ0v) is 14.3. The SMILES string of the molecule is CCCCCCCC1(C(CC)C(C)CCC)CC1C. The Balaban J connectivity index is 2.44. The van der Waals surface area contributed by atoms with Crippen molar-refractivity contribution >= 4 is 0 Å².